The van der Waals surface area contributed by atoms with Gasteiger partial charge in [0.1, 0.15) is 0 Å². The van der Waals surface area contributed by atoms with Crippen LogP contribution in [0.15, 0.2) is 55.0 Å². The van der Waals surface area contributed by atoms with Crippen molar-refractivity contribution in [3.63, 3.8) is 0 Å². The van der Waals surface area contributed by atoms with Crippen molar-refractivity contribution >= 4 is 23.3 Å². The van der Waals surface area contributed by atoms with Gasteiger partial charge in [-0.2, -0.15) is 10.1 Å². The number of carboxylic acid groups (broad SMARTS) is 1. The number of benzene rings is 1. The van der Waals surface area contributed by atoms with Gasteiger partial charge >= 0.3 is 5.97 Å². The lowest BCUT2D eigenvalue weighted by Crippen LogP contribution is -2.38. The number of nitrogens with zero attached hydrogens (tertiary/aromatic N) is 6. The lowest BCUT2D eigenvalue weighted by atomic mass is 10.1. The maximum absolute atomic E-state index is 11.0. The molecule has 0 amide bonds. The zero-order valence-electron chi connectivity index (χ0n) is 17.4. The van der Waals surface area contributed by atoms with Crippen LogP contribution in [0, 0.1) is 0 Å². The maximum Gasteiger partial charge on any atom is 0.335 e. The molecule has 1 aromatic carbocycles. The van der Waals surface area contributed by atoms with E-state index in [1.807, 2.05) is 35.4 Å². The number of aromatic carboxylic acids is 1. The lowest BCUT2D eigenvalue weighted by molar-refractivity contribution is 0.0360. The van der Waals surface area contributed by atoms with Crippen molar-refractivity contribution in [2.75, 3.05) is 38.2 Å². The van der Waals surface area contributed by atoms with Gasteiger partial charge in [-0.1, -0.05) is 0 Å². The Labute approximate surface area is 184 Å². The largest absolute Gasteiger partial charge is 0.478 e. The summed E-state index contributed by atoms with van der Waals surface area (Å²) in [6.07, 6.45) is 5.72. The van der Waals surface area contributed by atoms with Crippen molar-refractivity contribution in [3.05, 3.63) is 60.6 Å². The highest BCUT2D eigenvalue weighted by Gasteiger charge is 2.13. The van der Waals surface area contributed by atoms with Crippen LogP contribution in [0.2, 0.25) is 0 Å². The molecule has 5 rings (SSSR count). The molecule has 0 spiro atoms. The van der Waals surface area contributed by atoms with E-state index < -0.39 is 5.97 Å². The summed E-state index contributed by atoms with van der Waals surface area (Å²) in [5.41, 5.74) is 3.56. The highest BCUT2D eigenvalue weighted by Crippen LogP contribution is 2.24. The van der Waals surface area contributed by atoms with Crippen molar-refractivity contribution < 1.29 is 14.6 Å². The third kappa shape index (κ3) is 4.32. The molecule has 0 radical (unpaired) electrons. The molecule has 3 aromatic heterocycles. The summed E-state index contributed by atoms with van der Waals surface area (Å²) < 4.78 is 9.07. The number of nitrogens with one attached hydrogen (secondary N) is 1. The third-order valence-corrected chi connectivity index (χ3v) is 5.44. The van der Waals surface area contributed by atoms with E-state index >= 15 is 0 Å². The Morgan fingerprint density at radius 1 is 1.12 bits per heavy atom. The predicted octanol–water partition coefficient (Wildman–Crippen LogP) is 2.37. The number of rotatable bonds is 7. The molecule has 1 fully saturated rings. The summed E-state index contributed by atoms with van der Waals surface area (Å²) in [5.74, 6) is -0.530. The van der Waals surface area contributed by atoms with Crippen molar-refractivity contribution in [2.45, 2.75) is 6.54 Å². The first-order valence-electron chi connectivity index (χ1n) is 10.4. The minimum Gasteiger partial charge on any atom is -0.478 e. The third-order valence-electron chi connectivity index (χ3n) is 5.44. The average Bonchev–Trinajstić information content (AvgIpc) is 3.45. The van der Waals surface area contributed by atoms with Gasteiger partial charge in [0.05, 0.1) is 31.5 Å². The second-order valence-corrected chi connectivity index (χ2v) is 7.58. The highest BCUT2D eigenvalue weighted by molar-refractivity contribution is 5.88. The van der Waals surface area contributed by atoms with Crippen molar-refractivity contribution in [3.8, 4) is 11.1 Å². The van der Waals surface area contributed by atoms with Gasteiger partial charge in [-0.25, -0.2) is 9.31 Å². The van der Waals surface area contributed by atoms with E-state index in [-0.39, 0.29) is 5.56 Å². The number of pyridine rings is 1. The van der Waals surface area contributed by atoms with E-state index in [1.165, 1.54) is 12.1 Å². The smallest absolute Gasteiger partial charge is 0.335 e. The van der Waals surface area contributed by atoms with E-state index in [9.17, 15) is 4.79 Å². The Kier molecular flexibility index (Phi) is 5.53. The first-order valence-corrected chi connectivity index (χ1v) is 10.4. The number of carbonyl (C=O) groups is 1. The topological polar surface area (TPSA) is 110 Å². The van der Waals surface area contributed by atoms with Crippen molar-refractivity contribution in [1.29, 1.82) is 0 Å². The van der Waals surface area contributed by atoms with Gasteiger partial charge in [0.2, 0.25) is 5.95 Å². The molecular formula is C22H23N7O3. The second-order valence-electron chi connectivity index (χ2n) is 7.58. The Morgan fingerprint density at radius 3 is 2.72 bits per heavy atom. The monoisotopic (exact) mass is 433 g/mol. The fourth-order valence-corrected chi connectivity index (χ4v) is 3.70. The van der Waals surface area contributed by atoms with Crippen LogP contribution < -0.4 is 5.32 Å². The van der Waals surface area contributed by atoms with Gasteiger partial charge in [0, 0.05) is 48.8 Å². The minimum atomic E-state index is -0.961. The van der Waals surface area contributed by atoms with E-state index in [0.717, 1.165) is 50.5 Å². The Hall–Kier alpha value is -3.76. The summed E-state index contributed by atoms with van der Waals surface area (Å²) >= 11 is 0. The number of hydrogen-bond acceptors (Lipinski definition) is 7. The fraction of sp³-hybridized carbons (Fsp3) is 0.273. The van der Waals surface area contributed by atoms with Crippen LogP contribution in [0.3, 0.4) is 0 Å². The molecule has 0 unspecified atom stereocenters. The molecule has 32 heavy (non-hydrogen) atoms. The predicted molar refractivity (Wildman–Crippen MR) is 118 cm³/mol. The van der Waals surface area contributed by atoms with Gasteiger partial charge in [-0.15, -0.1) is 5.10 Å². The number of fused-ring (bicyclic) bond motifs is 1. The van der Waals surface area contributed by atoms with Gasteiger partial charge in [0.25, 0.3) is 0 Å². The lowest BCUT2D eigenvalue weighted by Gasteiger charge is -2.26. The first kappa shape index (κ1) is 20.2. The molecule has 1 aliphatic rings. The molecule has 10 heteroatoms. The molecule has 0 saturated carbocycles. The Balaban J connectivity index is 1.33. The van der Waals surface area contributed by atoms with Crippen LogP contribution in [0.25, 0.3) is 16.8 Å². The number of carboxylic acids is 1. The zero-order valence-corrected chi connectivity index (χ0v) is 17.4. The molecule has 10 nitrogen and oxygen atoms in total. The minimum absolute atomic E-state index is 0.228. The molecule has 0 atom stereocenters. The van der Waals surface area contributed by atoms with Crippen molar-refractivity contribution in [2.24, 2.45) is 0 Å². The van der Waals surface area contributed by atoms with Crippen LogP contribution in [0.1, 0.15) is 10.4 Å². The highest BCUT2D eigenvalue weighted by atomic mass is 16.5. The van der Waals surface area contributed by atoms with Gasteiger partial charge < -0.3 is 15.2 Å². The van der Waals surface area contributed by atoms with Crippen LogP contribution in [0.5, 0.6) is 0 Å². The molecule has 2 N–H and O–H groups in total. The van der Waals surface area contributed by atoms with Crippen LogP contribution in [-0.2, 0) is 11.3 Å². The first-order chi connectivity index (χ1) is 15.7. The fourth-order valence-electron chi connectivity index (χ4n) is 3.70. The standard InChI is InChI=1S/C22H23N7O3/c30-21(31)16-3-5-18(6-4-16)24-22-25-20-19(2-1-7-29(20)26-22)17-14-23-28(15-17)9-8-27-10-12-32-13-11-27/h1-7,14-15H,8-13H2,(H,24,26)(H,30,31). The summed E-state index contributed by atoms with van der Waals surface area (Å²) in [6.45, 7) is 5.26. The summed E-state index contributed by atoms with van der Waals surface area (Å²) in [6, 6.07) is 10.4. The Morgan fingerprint density at radius 2 is 1.94 bits per heavy atom. The van der Waals surface area contributed by atoms with E-state index in [4.69, 9.17) is 9.84 Å². The van der Waals surface area contributed by atoms with Gasteiger partial charge in [-0.05, 0) is 36.4 Å². The van der Waals surface area contributed by atoms with E-state index in [1.54, 1.807) is 16.6 Å². The quantitative estimate of drug-likeness (QED) is 0.457. The van der Waals surface area contributed by atoms with Gasteiger partial charge in [-0.3, -0.25) is 9.58 Å². The number of morpholine rings is 1. The molecule has 1 saturated heterocycles. The molecule has 164 valence electrons. The molecule has 0 aliphatic carbocycles. The number of hydrogen-bond donors (Lipinski definition) is 2. The normalized spacial score (nSPS) is 14.6. The number of ether oxygens (including phenoxy) is 1. The van der Waals surface area contributed by atoms with Crippen LogP contribution in [-0.4, -0.2) is 73.2 Å². The summed E-state index contributed by atoms with van der Waals surface area (Å²) in [5, 5.41) is 21.2. The van der Waals surface area contributed by atoms with E-state index in [0.29, 0.717) is 17.3 Å². The number of anilines is 2. The molecule has 4 heterocycles. The molecule has 1 aliphatic heterocycles. The maximum atomic E-state index is 11.0. The van der Waals surface area contributed by atoms with Crippen LogP contribution in [0.4, 0.5) is 11.6 Å². The second kappa shape index (κ2) is 8.77. The summed E-state index contributed by atoms with van der Waals surface area (Å²) in [7, 11) is 0. The molecular weight excluding hydrogens is 410 g/mol. The SMILES string of the molecule is O=C(O)c1ccc(Nc2nc3c(-c4cnn(CCN5CCOCC5)c4)cccn3n2)cc1. The molecule has 0 bridgehead atoms. The Bertz CT molecular complexity index is 1230. The van der Waals surface area contributed by atoms with E-state index in [2.05, 4.69) is 25.4 Å². The van der Waals surface area contributed by atoms with Crippen LogP contribution >= 0.6 is 0 Å². The summed E-state index contributed by atoms with van der Waals surface area (Å²) in [4.78, 5) is 18.0. The van der Waals surface area contributed by atoms with Crippen molar-refractivity contribution in [1.82, 2.24) is 29.3 Å². The average molecular weight is 433 g/mol. The van der Waals surface area contributed by atoms with Gasteiger partial charge in [0.15, 0.2) is 5.65 Å². The zero-order chi connectivity index (χ0) is 21.9. The number of aromatic nitrogens is 5. The molecule has 4 aromatic rings.